The van der Waals surface area contributed by atoms with Gasteiger partial charge < -0.3 is 15.1 Å². The molecule has 3 aromatic carbocycles. The Labute approximate surface area is 208 Å². The highest BCUT2D eigenvalue weighted by molar-refractivity contribution is 6.02. The summed E-state index contributed by atoms with van der Waals surface area (Å²) in [6, 6.07) is 23.9. The van der Waals surface area contributed by atoms with Crippen LogP contribution in [0.2, 0.25) is 0 Å². The number of rotatable bonds is 6. The van der Waals surface area contributed by atoms with Crippen molar-refractivity contribution in [1.82, 2.24) is 4.90 Å². The van der Waals surface area contributed by atoms with Crippen LogP contribution in [-0.2, 0) is 4.79 Å². The topological polar surface area (TPSA) is 52.7 Å². The summed E-state index contributed by atoms with van der Waals surface area (Å²) in [7, 11) is 0. The molecular weight excluding hydrogens is 434 g/mol. The van der Waals surface area contributed by atoms with E-state index in [-0.39, 0.29) is 11.8 Å². The van der Waals surface area contributed by atoms with Crippen LogP contribution in [0.4, 0.5) is 11.4 Å². The Bertz CT molecular complexity index is 1190. The van der Waals surface area contributed by atoms with Gasteiger partial charge in [-0.2, -0.15) is 0 Å². The fourth-order valence-electron chi connectivity index (χ4n) is 4.25. The predicted octanol–water partition coefficient (Wildman–Crippen LogP) is 5.73. The third kappa shape index (κ3) is 6.18. The summed E-state index contributed by atoms with van der Waals surface area (Å²) in [6.07, 6.45) is 3.38. The summed E-state index contributed by atoms with van der Waals surface area (Å²) >= 11 is 0. The molecule has 0 unspecified atom stereocenters. The number of nitrogens with one attached hydrogen (secondary N) is 1. The van der Waals surface area contributed by atoms with E-state index in [2.05, 4.69) is 36.2 Å². The average molecular weight is 468 g/mol. The Balaban J connectivity index is 1.28. The van der Waals surface area contributed by atoms with Crippen molar-refractivity contribution in [3.8, 4) is 0 Å². The number of aryl methyl sites for hydroxylation is 1. The highest BCUT2D eigenvalue weighted by Crippen LogP contribution is 2.21. The lowest BCUT2D eigenvalue weighted by atomic mass is 10.0. The van der Waals surface area contributed by atoms with Crippen molar-refractivity contribution < 1.29 is 9.59 Å². The molecule has 1 fully saturated rings. The molecule has 4 rings (SSSR count). The fraction of sp³-hybridized carbons (Fsp3) is 0.267. The maximum Gasteiger partial charge on any atom is 0.254 e. The molecule has 35 heavy (non-hydrogen) atoms. The van der Waals surface area contributed by atoms with Crippen LogP contribution < -0.4 is 10.2 Å². The second kappa shape index (κ2) is 11.0. The van der Waals surface area contributed by atoms with Crippen molar-refractivity contribution in [3.63, 3.8) is 0 Å². The van der Waals surface area contributed by atoms with Crippen molar-refractivity contribution in [2.75, 3.05) is 36.4 Å². The Hall–Kier alpha value is -3.86. The number of nitrogens with zero attached hydrogens (tertiary/aromatic N) is 2. The zero-order chi connectivity index (χ0) is 24.8. The molecule has 1 heterocycles. The Morgan fingerprint density at radius 2 is 1.51 bits per heavy atom. The molecule has 0 spiro atoms. The molecule has 180 valence electrons. The number of carbonyl (C=O) groups excluding carboxylic acids is 2. The Morgan fingerprint density at radius 3 is 2.14 bits per heavy atom. The van der Waals surface area contributed by atoms with E-state index >= 15 is 0 Å². The molecule has 1 N–H and O–H groups in total. The highest BCUT2D eigenvalue weighted by atomic mass is 16.2. The molecule has 1 aliphatic heterocycles. The molecule has 0 aromatic heterocycles. The summed E-state index contributed by atoms with van der Waals surface area (Å²) in [5.74, 6) is 0.433. The molecule has 5 heteroatoms. The van der Waals surface area contributed by atoms with Crippen LogP contribution in [0.5, 0.6) is 0 Å². The van der Waals surface area contributed by atoms with Gasteiger partial charge >= 0.3 is 0 Å². The van der Waals surface area contributed by atoms with Gasteiger partial charge in [-0.1, -0.05) is 56.3 Å². The molecule has 3 aromatic rings. The van der Waals surface area contributed by atoms with Gasteiger partial charge in [0.1, 0.15) is 0 Å². The standard InChI is InChI=1S/C30H33N3O2/c1-22(2)25-11-8-24(9-12-25)10-17-29(34)31-26-13-15-27(16-14-26)32-18-20-33(21-19-32)30(35)28-7-5-4-6-23(28)3/h4-17,22H,18-21H2,1-3H3,(H,31,34)/b17-10+. The Morgan fingerprint density at radius 1 is 0.857 bits per heavy atom. The molecule has 0 saturated carbocycles. The van der Waals surface area contributed by atoms with E-state index in [1.54, 1.807) is 6.08 Å². The maximum absolute atomic E-state index is 12.9. The first-order valence-corrected chi connectivity index (χ1v) is 12.2. The number of benzene rings is 3. The predicted molar refractivity (Wildman–Crippen MR) is 144 cm³/mol. The van der Waals surface area contributed by atoms with Gasteiger partial charge in [0.25, 0.3) is 5.91 Å². The van der Waals surface area contributed by atoms with E-state index in [4.69, 9.17) is 0 Å². The van der Waals surface area contributed by atoms with E-state index in [9.17, 15) is 9.59 Å². The molecule has 1 aliphatic rings. The molecule has 0 bridgehead atoms. The zero-order valence-electron chi connectivity index (χ0n) is 20.7. The van der Waals surface area contributed by atoms with Crippen molar-refractivity contribution in [2.24, 2.45) is 0 Å². The monoisotopic (exact) mass is 467 g/mol. The molecule has 1 saturated heterocycles. The number of hydrogen-bond acceptors (Lipinski definition) is 3. The van der Waals surface area contributed by atoms with Gasteiger partial charge in [0, 0.05) is 49.2 Å². The molecule has 0 atom stereocenters. The largest absolute Gasteiger partial charge is 0.368 e. The first kappa shape index (κ1) is 24.3. The summed E-state index contributed by atoms with van der Waals surface area (Å²) in [6.45, 7) is 9.24. The molecule has 0 aliphatic carbocycles. The molecular formula is C30H33N3O2. The SMILES string of the molecule is Cc1ccccc1C(=O)N1CCN(c2ccc(NC(=O)/C=C/c3ccc(C(C)C)cc3)cc2)CC1. The summed E-state index contributed by atoms with van der Waals surface area (Å²) in [5.41, 5.74) is 5.92. The number of anilines is 2. The minimum atomic E-state index is -0.158. The highest BCUT2D eigenvalue weighted by Gasteiger charge is 2.23. The van der Waals surface area contributed by atoms with Crippen LogP contribution in [0.3, 0.4) is 0 Å². The van der Waals surface area contributed by atoms with Crippen LogP contribution >= 0.6 is 0 Å². The zero-order valence-corrected chi connectivity index (χ0v) is 20.7. The normalized spacial score (nSPS) is 13.9. The fourth-order valence-corrected chi connectivity index (χ4v) is 4.25. The Kier molecular flexibility index (Phi) is 7.66. The summed E-state index contributed by atoms with van der Waals surface area (Å²) in [5, 5.41) is 2.92. The number of amides is 2. The van der Waals surface area contributed by atoms with Gasteiger partial charge in [-0.15, -0.1) is 0 Å². The van der Waals surface area contributed by atoms with Crippen LogP contribution in [0.1, 0.15) is 46.8 Å². The quantitative estimate of drug-likeness (QED) is 0.471. The van der Waals surface area contributed by atoms with Gasteiger partial charge in [0.2, 0.25) is 5.91 Å². The number of carbonyl (C=O) groups is 2. The first-order chi connectivity index (χ1) is 16.9. The molecule has 5 nitrogen and oxygen atoms in total. The minimum absolute atomic E-state index is 0.102. The van der Waals surface area contributed by atoms with Crippen LogP contribution in [0.25, 0.3) is 6.08 Å². The second-order valence-electron chi connectivity index (χ2n) is 9.28. The third-order valence-corrected chi connectivity index (χ3v) is 6.47. The first-order valence-electron chi connectivity index (χ1n) is 12.2. The lowest BCUT2D eigenvalue weighted by Gasteiger charge is -2.36. The van der Waals surface area contributed by atoms with Crippen molar-refractivity contribution >= 4 is 29.3 Å². The number of piperazine rings is 1. The van der Waals surface area contributed by atoms with Crippen LogP contribution in [0, 0.1) is 6.92 Å². The van der Waals surface area contributed by atoms with E-state index < -0.39 is 0 Å². The van der Waals surface area contributed by atoms with Crippen molar-refractivity contribution in [2.45, 2.75) is 26.7 Å². The van der Waals surface area contributed by atoms with E-state index in [0.29, 0.717) is 19.0 Å². The van der Waals surface area contributed by atoms with Gasteiger partial charge in [-0.05, 0) is 65.9 Å². The lowest BCUT2D eigenvalue weighted by Crippen LogP contribution is -2.48. The average Bonchev–Trinajstić information content (AvgIpc) is 2.88. The van der Waals surface area contributed by atoms with Crippen molar-refractivity contribution in [1.29, 1.82) is 0 Å². The number of hydrogen-bond donors (Lipinski definition) is 1. The van der Waals surface area contributed by atoms with E-state index in [1.807, 2.05) is 78.6 Å². The maximum atomic E-state index is 12.9. The second-order valence-corrected chi connectivity index (χ2v) is 9.28. The van der Waals surface area contributed by atoms with Crippen LogP contribution in [0.15, 0.2) is 78.9 Å². The summed E-state index contributed by atoms with van der Waals surface area (Å²) < 4.78 is 0. The molecule has 2 amide bonds. The van der Waals surface area contributed by atoms with Gasteiger partial charge in [-0.25, -0.2) is 0 Å². The van der Waals surface area contributed by atoms with Gasteiger partial charge in [0.05, 0.1) is 0 Å². The minimum Gasteiger partial charge on any atom is -0.368 e. The molecule has 0 radical (unpaired) electrons. The summed E-state index contributed by atoms with van der Waals surface area (Å²) in [4.78, 5) is 29.4. The van der Waals surface area contributed by atoms with E-state index in [1.165, 1.54) is 5.56 Å². The lowest BCUT2D eigenvalue weighted by molar-refractivity contribution is -0.111. The smallest absolute Gasteiger partial charge is 0.254 e. The van der Waals surface area contributed by atoms with E-state index in [0.717, 1.165) is 41.2 Å². The van der Waals surface area contributed by atoms with Crippen LogP contribution in [-0.4, -0.2) is 42.9 Å². The third-order valence-electron chi connectivity index (χ3n) is 6.47. The van der Waals surface area contributed by atoms with Gasteiger partial charge in [0.15, 0.2) is 0 Å². The van der Waals surface area contributed by atoms with Gasteiger partial charge in [-0.3, -0.25) is 9.59 Å². The van der Waals surface area contributed by atoms with Crippen molar-refractivity contribution in [3.05, 3.63) is 101 Å².